The molecule has 1 amide bonds. The quantitative estimate of drug-likeness (QED) is 0.299. The maximum Gasteiger partial charge on any atom is 0.268 e. The first kappa shape index (κ1) is 27.3. The van der Waals surface area contributed by atoms with Crippen molar-refractivity contribution in [3.05, 3.63) is 29.3 Å². The third-order valence-electron chi connectivity index (χ3n) is 7.05. The molecule has 0 saturated heterocycles. The molecule has 0 heterocycles. The average molecular weight is 494 g/mol. The molecular formula is C25H43NOPY+. The zero-order valence-corrected chi connectivity index (χ0v) is 23.4. The van der Waals surface area contributed by atoms with E-state index in [4.69, 9.17) is 0 Å². The number of aryl methyl sites for hydroxylation is 2. The molecule has 0 spiro atoms. The second-order valence-corrected chi connectivity index (χ2v) is 13.5. The molecule has 0 atom stereocenters. The van der Waals surface area contributed by atoms with E-state index in [1.54, 1.807) is 0 Å². The molecule has 29 heavy (non-hydrogen) atoms. The molecule has 1 aliphatic rings. The van der Waals surface area contributed by atoms with Crippen molar-refractivity contribution >= 4 is 18.9 Å². The van der Waals surface area contributed by atoms with Crippen LogP contribution in [0.15, 0.2) is 18.2 Å². The molecule has 0 aliphatic heterocycles. The van der Waals surface area contributed by atoms with Gasteiger partial charge in [-0.25, -0.2) is 0 Å². The van der Waals surface area contributed by atoms with E-state index in [0.29, 0.717) is 5.91 Å². The van der Waals surface area contributed by atoms with Gasteiger partial charge in [-0.15, -0.1) is 0 Å². The Labute approximate surface area is 206 Å². The van der Waals surface area contributed by atoms with Crippen LogP contribution in [0.5, 0.6) is 0 Å². The number of rotatable bonds is 12. The molecule has 1 N–H and O–H groups in total. The monoisotopic (exact) mass is 493 g/mol. The van der Waals surface area contributed by atoms with Gasteiger partial charge in [0.25, 0.3) is 5.91 Å². The minimum atomic E-state index is -1.32. The number of carbonyl (C=O) groups excluding carboxylic acids is 1. The van der Waals surface area contributed by atoms with Crippen molar-refractivity contribution in [2.75, 3.05) is 23.8 Å². The van der Waals surface area contributed by atoms with Gasteiger partial charge in [0.05, 0.1) is 18.5 Å². The van der Waals surface area contributed by atoms with E-state index in [2.05, 4.69) is 58.1 Å². The topological polar surface area (TPSA) is 29.1 Å². The number of para-hydroxylation sites is 1. The summed E-state index contributed by atoms with van der Waals surface area (Å²) < 4.78 is 0. The maximum atomic E-state index is 13.9. The minimum absolute atomic E-state index is 0. The first-order chi connectivity index (χ1) is 13.5. The number of hydrogen-bond acceptors (Lipinski definition) is 1. The Bertz CT molecular complexity index is 600. The van der Waals surface area contributed by atoms with Gasteiger partial charge < -0.3 is 5.32 Å². The molecule has 2 rings (SSSR count). The van der Waals surface area contributed by atoms with E-state index in [1.807, 2.05) is 0 Å². The van der Waals surface area contributed by atoms with E-state index in [9.17, 15) is 4.79 Å². The van der Waals surface area contributed by atoms with Crippen LogP contribution in [-0.2, 0) is 37.5 Å². The molecule has 4 heteroatoms. The van der Waals surface area contributed by atoms with E-state index >= 15 is 0 Å². The van der Waals surface area contributed by atoms with Crippen LogP contribution in [-0.4, -0.2) is 29.5 Å². The second kappa shape index (κ2) is 12.9. The Morgan fingerprint density at radius 2 is 1.38 bits per heavy atom. The zero-order valence-electron chi connectivity index (χ0n) is 19.7. The standard InChI is InChI=1S/C25H42NOP.Y/c1-6-9-18-28(19-10-7-2,20-11-8-3)25(16-13-17-25)24(27)26-23-21(4)14-12-15-22(23)5;/h12,14-15H,6-11,13,16-20H2,1-5H3;/p+1. The number of benzene rings is 1. The summed E-state index contributed by atoms with van der Waals surface area (Å²) in [5.41, 5.74) is 3.42. The Hall–Kier alpha value is 0.224. The van der Waals surface area contributed by atoms with Crippen LogP contribution in [0.3, 0.4) is 0 Å². The summed E-state index contributed by atoms with van der Waals surface area (Å²) in [6, 6.07) is 6.31. The van der Waals surface area contributed by atoms with E-state index in [0.717, 1.165) is 18.5 Å². The Balaban J connectivity index is 0.00000420. The largest absolute Gasteiger partial charge is 0.322 e. The maximum absolute atomic E-state index is 13.9. The third kappa shape index (κ3) is 6.14. The first-order valence-corrected chi connectivity index (χ1v) is 14.0. The number of amides is 1. The normalized spacial score (nSPS) is 15.3. The number of carbonyl (C=O) groups is 1. The third-order valence-corrected chi connectivity index (χ3v) is 13.0. The minimum Gasteiger partial charge on any atom is -0.322 e. The van der Waals surface area contributed by atoms with Crippen molar-refractivity contribution in [2.45, 2.75) is 97.6 Å². The molecule has 1 aliphatic carbocycles. The molecule has 1 fully saturated rings. The number of unbranched alkanes of at least 4 members (excludes halogenated alkanes) is 3. The molecule has 0 unspecified atom stereocenters. The summed E-state index contributed by atoms with van der Waals surface area (Å²) in [7, 11) is -1.32. The van der Waals surface area contributed by atoms with Crippen LogP contribution in [0, 0.1) is 13.8 Å². The van der Waals surface area contributed by atoms with Crippen molar-refractivity contribution in [3.63, 3.8) is 0 Å². The van der Waals surface area contributed by atoms with Crippen molar-refractivity contribution < 1.29 is 37.5 Å². The summed E-state index contributed by atoms with van der Waals surface area (Å²) in [4.78, 5) is 13.9. The number of nitrogens with one attached hydrogen (secondary N) is 1. The SMILES string of the molecule is CCCC[P+](CCCC)(CCCC)C1(C(=O)Nc2c(C)cccc2C)CCC1.[Y]. The van der Waals surface area contributed by atoms with Gasteiger partial charge in [-0.05, 0) is 63.5 Å². The van der Waals surface area contributed by atoms with Crippen molar-refractivity contribution in [3.8, 4) is 0 Å². The predicted molar refractivity (Wildman–Crippen MR) is 127 cm³/mol. The van der Waals surface area contributed by atoms with Crippen LogP contribution >= 0.6 is 7.26 Å². The molecule has 2 nitrogen and oxygen atoms in total. The molecule has 0 bridgehead atoms. The number of anilines is 1. The van der Waals surface area contributed by atoms with E-state index in [1.165, 1.54) is 74.6 Å². The van der Waals surface area contributed by atoms with Gasteiger partial charge in [-0.3, -0.25) is 4.79 Å². The zero-order chi connectivity index (χ0) is 20.6. The van der Waals surface area contributed by atoms with Gasteiger partial charge in [0.2, 0.25) is 0 Å². The second-order valence-electron chi connectivity index (χ2n) is 8.98. The van der Waals surface area contributed by atoms with Crippen molar-refractivity contribution in [1.29, 1.82) is 0 Å². The fourth-order valence-electron chi connectivity index (χ4n) is 5.03. The Morgan fingerprint density at radius 3 is 1.72 bits per heavy atom. The Kier molecular flexibility index (Phi) is 12.2. The van der Waals surface area contributed by atoms with E-state index < -0.39 is 7.26 Å². The van der Waals surface area contributed by atoms with Crippen LogP contribution < -0.4 is 5.32 Å². The van der Waals surface area contributed by atoms with Gasteiger partial charge in [0.1, 0.15) is 0 Å². The summed E-state index contributed by atoms with van der Waals surface area (Å²) in [6.07, 6.45) is 15.0. The van der Waals surface area contributed by atoms with Crippen molar-refractivity contribution in [1.82, 2.24) is 0 Å². The van der Waals surface area contributed by atoms with Gasteiger partial charge in [0, 0.05) is 45.7 Å². The summed E-state index contributed by atoms with van der Waals surface area (Å²) in [5, 5.41) is 3.39. The first-order valence-electron chi connectivity index (χ1n) is 11.7. The molecule has 1 saturated carbocycles. The van der Waals surface area contributed by atoms with Gasteiger partial charge >= 0.3 is 0 Å². The molecule has 1 aromatic carbocycles. The van der Waals surface area contributed by atoms with Gasteiger partial charge in [-0.1, -0.05) is 58.2 Å². The van der Waals surface area contributed by atoms with Crippen LogP contribution in [0.25, 0.3) is 0 Å². The summed E-state index contributed by atoms with van der Waals surface area (Å²) >= 11 is 0. The molecule has 161 valence electrons. The van der Waals surface area contributed by atoms with Crippen LogP contribution in [0.2, 0.25) is 0 Å². The molecule has 0 aromatic heterocycles. The van der Waals surface area contributed by atoms with Gasteiger partial charge in [0.15, 0.2) is 5.16 Å². The summed E-state index contributed by atoms with van der Waals surface area (Å²) in [5.74, 6) is 0.354. The summed E-state index contributed by atoms with van der Waals surface area (Å²) in [6.45, 7) is 11.1. The van der Waals surface area contributed by atoms with Crippen molar-refractivity contribution in [2.24, 2.45) is 0 Å². The fourth-order valence-corrected chi connectivity index (χ4v) is 11.5. The molecular weight excluding hydrogens is 450 g/mol. The average Bonchev–Trinajstić information content (AvgIpc) is 2.64. The Morgan fingerprint density at radius 1 is 0.931 bits per heavy atom. The van der Waals surface area contributed by atoms with Crippen LogP contribution in [0.1, 0.15) is 89.7 Å². The number of hydrogen-bond donors (Lipinski definition) is 1. The van der Waals surface area contributed by atoms with E-state index in [-0.39, 0.29) is 37.9 Å². The smallest absolute Gasteiger partial charge is 0.268 e. The predicted octanol–water partition coefficient (Wildman–Crippen LogP) is 7.58. The van der Waals surface area contributed by atoms with Gasteiger partial charge in [-0.2, -0.15) is 0 Å². The fraction of sp³-hybridized carbons (Fsp3) is 0.720. The van der Waals surface area contributed by atoms with Crippen LogP contribution in [0.4, 0.5) is 5.69 Å². The molecule has 1 aromatic rings. The molecule has 1 radical (unpaired) electrons.